The van der Waals surface area contributed by atoms with Crippen LogP contribution in [-0.2, 0) is 4.74 Å². The average molecular weight is 285 g/mol. The summed E-state index contributed by atoms with van der Waals surface area (Å²) in [6.07, 6.45) is 4.69. The minimum absolute atomic E-state index is 0.0415. The van der Waals surface area contributed by atoms with E-state index in [0.29, 0.717) is 25.2 Å². The van der Waals surface area contributed by atoms with Crippen molar-refractivity contribution in [1.29, 1.82) is 0 Å². The monoisotopic (exact) mass is 285 g/mol. The smallest absolute Gasteiger partial charge is 0.0898 e. The van der Waals surface area contributed by atoms with Crippen LogP contribution in [-0.4, -0.2) is 36.0 Å². The van der Waals surface area contributed by atoms with Crippen molar-refractivity contribution in [2.75, 3.05) is 13.2 Å². The Balaban J connectivity index is 2.23. The number of rotatable bonds is 7. The number of β-amino-alcohol motifs (C(OH)–C–C–N with tert-alkyl or cyclic N) is 1. The van der Waals surface area contributed by atoms with Gasteiger partial charge in [-0.1, -0.05) is 34.1 Å². The van der Waals surface area contributed by atoms with Crippen LogP contribution < -0.4 is 5.32 Å². The fourth-order valence-electron chi connectivity index (χ4n) is 3.44. The molecule has 1 fully saturated rings. The van der Waals surface area contributed by atoms with Crippen LogP contribution >= 0.6 is 0 Å². The van der Waals surface area contributed by atoms with E-state index >= 15 is 0 Å². The molecule has 0 aliphatic heterocycles. The fourth-order valence-corrected chi connectivity index (χ4v) is 3.44. The van der Waals surface area contributed by atoms with E-state index in [1.807, 2.05) is 0 Å². The molecule has 1 aliphatic rings. The Kier molecular flexibility index (Phi) is 6.49. The van der Waals surface area contributed by atoms with Crippen LogP contribution in [0.3, 0.4) is 0 Å². The van der Waals surface area contributed by atoms with Gasteiger partial charge in [0.05, 0.1) is 18.8 Å². The zero-order valence-electron chi connectivity index (χ0n) is 14.3. The highest BCUT2D eigenvalue weighted by atomic mass is 16.5. The summed E-state index contributed by atoms with van der Waals surface area (Å²) in [5.74, 6) is 0.646. The van der Waals surface area contributed by atoms with Crippen LogP contribution in [0.2, 0.25) is 0 Å². The lowest BCUT2D eigenvalue weighted by Crippen LogP contribution is -2.46. The van der Waals surface area contributed by atoms with E-state index in [2.05, 4.69) is 46.9 Å². The van der Waals surface area contributed by atoms with Gasteiger partial charge in [-0.15, -0.1) is 0 Å². The van der Waals surface area contributed by atoms with Gasteiger partial charge in [0.2, 0.25) is 0 Å². The van der Waals surface area contributed by atoms with Crippen LogP contribution in [0.15, 0.2) is 0 Å². The molecular formula is C17H35NO2. The highest BCUT2D eigenvalue weighted by Crippen LogP contribution is 2.28. The topological polar surface area (TPSA) is 41.5 Å². The maximum atomic E-state index is 10.1. The minimum Gasteiger partial charge on any atom is -0.389 e. The summed E-state index contributed by atoms with van der Waals surface area (Å²) in [5.41, 5.74) is 0.330. The first-order valence-corrected chi connectivity index (χ1v) is 8.14. The van der Waals surface area contributed by atoms with Gasteiger partial charge >= 0.3 is 0 Å². The predicted octanol–water partition coefficient (Wildman–Crippen LogP) is 3.36. The van der Waals surface area contributed by atoms with Crippen molar-refractivity contribution in [2.24, 2.45) is 11.3 Å². The summed E-state index contributed by atoms with van der Waals surface area (Å²) in [6.45, 7) is 14.4. The van der Waals surface area contributed by atoms with E-state index in [-0.39, 0.29) is 11.0 Å². The van der Waals surface area contributed by atoms with Gasteiger partial charge in [0.1, 0.15) is 0 Å². The highest BCUT2D eigenvalue weighted by molar-refractivity contribution is 4.84. The maximum Gasteiger partial charge on any atom is 0.0898 e. The Morgan fingerprint density at radius 3 is 2.35 bits per heavy atom. The molecule has 0 aromatic carbocycles. The van der Waals surface area contributed by atoms with E-state index in [9.17, 15) is 5.11 Å². The number of hydrogen-bond donors (Lipinski definition) is 2. The second kappa shape index (κ2) is 7.24. The van der Waals surface area contributed by atoms with Gasteiger partial charge in [-0.25, -0.2) is 0 Å². The first-order valence-electron chi connectivity index (χ1n) is 8.14. The molecule has 0 bridgehead atoms. The Labute approximate surface area is 125 Å². The van der Waals surface area contributed by atoms with Crippen LogP contribution in [0, 0.1) is 11.3 Å². The van der Waals surface area contributed by atoms with Crippen molar-refractivity contribution in [1.82, 2.24) is 5.32 Å². The third-order valence-electron chi connectivity index (χ3n) is 4.07. The maximum absolute atomic E-state index is 10.1. The first-order chi connectivity index (χ1) is 9.09. The van der Waals surface area contributed by atoms with Crippen LogP contribution in [0.5, 0.6) is 0 Å². The standard InChI is InChI=1S/C17H35NO2/c1-13-8-7-9-15(13)20-11-14(19)10-18-17(5,6)12-16(2,3)4/h13-15,18-19H,7-12H2,1-6H3/t13-,14-,15-/m1/s1. The van der Waals surface area contributed by atoms with Gasteiger partial charge in [-0.3, -0.25) is 0 Å². The second-order valence-corrected chi connectivity index (χ2v) is 8.44. The zero-order chi connectivity index (χ0) is 15.4. The molecule has 0 aromatic rings. The Morgan fingerprint density at radius 2 is 1.85 bits per heavy atom. The van der Waals surface area contributed by atoms with E-state index in [1.165, 1.54) is 12.8 Å². The average Bonchev–Trinajstić information content (AvgIpc) is 2.66. The Morgan fingerprint density at radius 1 is 1.20 bits per heavy atom. The molecule has 20 heavy (non-hydrogen) atoms. The van der Waals surface area contributed by atoms with Crippen LogP contribution in [0.1, 0.15) is 67.2 Å². The molecule has 120 valence electrons. The number of ether oxygens (including phenoxy) is 1. The summed E-state index contributed by atoms with van der Waals surface area (Å²) in [6, 6.07) is 0. The molecule has 1 saturated carbocycles. The van der Waals surface area contributed by atoms with Crippen molar-refractivity contribution >= 4 is 0 Å². The Bertz CT molecular complexity index is 283. The SMILES string of the molecule is C[C@@H]1CCC[C@H]1OC[C@H](O)CNC(C)(C)CC(C)(C)C. The largest absolute Gasteiger partial charge is 0.389 e. The van der Waals surface area contributed by atoms with Gasteiger partial charge in [0, 0.05) is 12.1 Å². The van der Waals surface area contributed by atoms with E-state index in [1.54, 1.807) is 0 Å². The molecule has 3 nitrogen and oxygen atoms in total. The zero-order valence-corrected chi connectivity index (χ0v) is 14.3. The van der Waals surface area contributed by atoms with E-state index in [0.717, 1.165) is 12.8 Å². The van der Waals surface area contributed by atoms with Crippen molar-refractivity contribution in [3.8, 4) is 0 Å². The summed E-state index contributed by atoms with van der Waals surface area (Å²) in [7, 11) is 0. The molecule has 0 radical (unpaired) electrons. The van der Waals surface area contributed by atoms with Crippen LogP contribution in [0.25, 0.3) is 0 Å². The van der Waals surface area contributed by atoms with Crippen molar-refractivity contribution in [3.63, 3.8) is 0 Å². The molecule has 0 heterocycles. The van der Waals surface area contributed by atoms with Crippen LogP contribution in [0.4, 0.5) is 0 Å². The lowest BCUT2D eigenvalue weighted by Gasteiger charge is -2.34. The normalized spacial score (nSPS) is 25.9. The second-order valence-electron chi connectivity index (χ2n) is 8.44. The molecule has 3 heteroatoms. The number of aliphatic hydroxyl groups excluding tert-OH is 1. The molecule has 0 unspecified atom stereocenters. The highest BCUT2D eigenvalue weighted by Gasteiger charge is 2.27. The summed E-state index contributed by atoms with van der Waals surface area (Å²) >= 11 is 0. The number of hydrogen-bond acceptors (Lipinski definition) is 3. The molecule has 0 spiro atoms. The van der Waals surface area contributed by atoms with E-state index in [4.69, 9.17) is 4.74 Å². The third kappa shape index (κ3) is 7.05. The first kappa shape index (κ1) is 17.9. The molecule has 1 rings (SSSR count). The molecule has 1 aliphatic carbocycles. The Hall–Kier alpha value is -0.120. The lowest BCUT2D eigenvalue weighted by atomic mass is 9.82. The minimum atomic E-state index is -0.415. The van der Waals surface area contributed by atoms with E-state index < -0.39 is 6.10 Å². The van der Waals surface area contributed by atoms with Crippen molar-refractivity contribution < 1.29 is 9.84 Å². The number of nitrogens with one attached hydrogen (secondary N) is 1. The summed E-state index contributed by atoms with van der Waals surface area (Å²) in [4.78, 5) is 0. The quantitative estimate of drug-likeness (QED) is 0.753. The molecule has 3 atom stereocenters. The predicted molar refractivity (Wildman–Crippen MR) is 84.9 cm³/mol. The molecule has 2 N–H and O–H groups in total. The van der Waals surface area contributed by atoms with Gasteiger partial charge in [-0.05, 0) is 44.4 Å². The molecular weight excluding hydrogens is 250 g/mol. The van der Waals surface area contributed by atoms with Gasteiger partial charge < -0.3 is 15.2 Å². The molecule has 0 saturated heterocycles. The van der Waals surface area contributed by atoms with Crippen molar-refractivity contribution in [3.05, 3.63) is 0 Å². The fraction of sp³-hybridized carbons (Fsp3) is 1.00. The molecule has 0 amide bonds. The number of aliphatic hydroxyl groups is 1. The summed E-state index contributed by atoms with van der Waals surface area (Å²) < 4.78 is 5.85. The lowest BCUT2D eigenvalue weighted by molar-refractivity contribution is -0.0232. The molecule has 0 aromatic heterocycles. The summed E-state index contributed by atoms with van der Waals surface area (Å²) in [5, 5.41) is 13.5. The van der Waals surface area contributed by atoms with Gasteiger partial charge in [-0.2, -0.15) is 0 Å². The third-order valence-corrected chi connectivity index (χ3v) is 4.07. The van der Waals surface area contributed by atoms with Gasteiger partial charge in [0.15, 0.2) is 0 Å². The van der Waals surface area contributed by atoms with Crippen molar-refractivity contribution in [2.45, 2.75) is 85.0 Å². The van der Waals surface area contributed by atoms with Gasteiger partial charge in [0.25, 0.3) is 0 Å².